The summed E-state index contributed by atoms with van der Waals surface area (Å²) in [7, 11) is 4.04. The van der Waals surface area contributed by atoms with Gasteiger partial charge in [-0.3, -0.25) is 4.99 Å². The first-order valence-corrected chi connectivity index (χ1v) is 6.41. The van der Waals surface area contributed by atoms with E-state index < -0.39 is 0 Å². The Balaban J connectivity index is 2.11. The van der Waals surface area contributed by atoms with Crippen molar-refractivity contribution >= 4 is 40.5 Å². The lowest BCUT2D eigenvalue weighted by atomic mass is 10.3. The number of hydrogen-bond acceptors (Lipinski definition) is 3. The van der Waals surface area contributed by atoms with E-state index in [4.69, 9.17) is 11.6 Å². The maximum atomic E-state index is 5.85. The maximum Gasteiger partial charge on any atom is 0.0935 e. The summed E-state index contributed by atoms with van der Waals surface area (Å²) in [6.07, 6.45) is 1.83. The van der Waals surface area contributed by atoms with Gasteiger partial charge in [0.05, 0.1) is 10.0 Å². The Morgan fingerprint density at radius 3 is 2.35 bits per heavy atom. The van der Waals surface area contributed by atoms with Crippen molar-refractivity contribution in [3.63, 3.8) is 0 Å². The Morgan fingerprint density at radius 2 is 1.82 bits per heavy atom. The second-order valence-electron chi connectivity index (χ2n) is 3.81. The number of benzene rings is 1. The molecule has 0 saturated heterocycles. The van der Waals surface area contributed by atoms with Gasteiger partial charge in [-0.2, -0.15) is 0 Å². The normalized spacial score (nSPS) is 11.0. The van der Waals surface area contributed by atoms with Crippen LogP contribution in [-0.2, 0) is 0 Å². The minimum absolute atomic E-state index is 0.786. The van der Waals surface area contributed by atoms with Gasteiger partial charge in [0.1, 0.15) is 0 Å². The van der Waals surface area contributed by atoms with Crippen molar-refractivity contribution in [3.8, 4) is 0 Å². The van der Waals surface area contributed by atoms with Crippen LogP contribution in [0.4, 0.5) is 11.4 Å². The molecule has 0 bridgehead atoms. The van der Waals surface area contributed by atoms with Crippen molar-refractivity contribution in [1.82, 2.24) is 0 Å². The third kappa shape index (κ3) is 3.32. The van der Waals surface area contributed by atoms with Crippen LogP contribution >= 0.6 is 22.9 Å². The fourth-order valence-electron chi connectivity index (χ4n) is 1.37. The van der Waals surface area contributed by atoms with E-state index in [0.29, 0.717) is 0 Å². The van der Waals surface area contributed by atoms with Crippen molar-refractivity contribution < 1.29 is 0 Å². The van der Waals surface area contributed by atoms with Crippen LogP contribution < -0.4 is 4.90 Å². The van der Waals surface area contributed by atoms with Gasteiger partial charge in [0.25, 0.3) is 0 Å². The predicted octanol–water partition coefficient (Wildman–Crippen LogP) is 4.22. The summed E-state index contributed by atoms with van der Waals surface area (Å²) in [5, 5.41) is 0. The lowest BCUT2D eigenvalue weighted by molar-refractivity contribution is 1.13. The number of thiophene rings is 1. The number of halogens is 1. The molecular formula is C13H13ClN2S. The zero-order chi connectivity index (χ0) is 12.3. The van der Waals surface area contributed by atoms with E-state index in [9.17, 15) is 0 Å². The molecule has 0 N–H and O–H groups in total. The topological polar surface area (TPSA) is 15.6 Å². The first kappa shape index (κ1) is 12.1. The first-order chi connectivity index (χ1) is 8.15. The predicted molar refractivity (Wildman–Crippen MR) is 77.4 cm³/mol. The van der Waals surface area contributed by atoms with Crippen molar-refractivity contribution in [3.05, 3.63) is 45.6 Å². The largest absolute Gasteiger partial charge is 0.378 e. The van der Waals surface area contributed by atoms with E-state index in [-0.39, 0.29) is 0 Å². The van der Waals surface area contributed by atoms with Gasteiger partial charge in [0, 0.05) is 30.9 Å². The fourth-order valence-corrected chi connectivity index (χ4v) is 2.31. The van der Waals surface area contributed by atoms with Gasteiger partial charge < -0.3 is 4.90 Å². The van der Waals surface area contributed by atoms with Gasteiger partial charge in [-0.05, 0) is 36.4 Å². The van der Waals surface area contributed by atoms with Gasteiger partial charge in [-0.25, -0.2) is 0 Å². The molecule has 2 nitrogen and oxygen atoms in total. The molecule has 88 valence electrons. The summed E-state index contributed by atoms with van der Waals surface area (Å²) in [6, 6.07) is 11.9. The summed E-state index contributed by atoms with van der Waals surface area (Å²) in [4.78, 5) is 7.52. The average Bonchev–Trinajstić information content (AvgIpc) is 2.73. The van der Waals surface area contributed by atoms with Crippen LogP contribution in [0.1, 0.15) is 4.88 Å². The molecule has 0 aliphatic carbocycles. The molecule has 0 radical (unpaired) electrons. The average molecular weight is 265 g/mol. The van der Waals surface area contributed by atoms with Crippen LogP contribution in [0.2, 0.25) is 4.34 Å². The number of nitrogens with zero attached hydrogens (tertiary/aromatic N) is 2. The number of anilines is 1. The van der Waals surface area contributed by atoms with E-state index in [1.807, 2.05) is 56.7 Å². The van der Waals surface area contributed by atoms with E-state index in [0.717, 1.165) is 14.9 Å². The molecule has 1 heterocycles. The molecule has 0 fully saturated rings. The number of rotatable bonds is 3. The quantitative estimate of drug-likeness (QED) is 0.758. The molecule has 0 unspecified atom stereocenters. The second kappa shape index (κ2) is 5.34. The molecule has 2 aromatic rings. The third-order valence-corrected chi connectivity index (χ3v) is 3.47. The number of aliphatic imine (C=N–C) groups is 1. The third-order valence-electron chi connectivity index (χ3n) is 2.30. The lowest BCUT2D eigenvalue weighted by Gasteiger charge is -2.11. The van der Waals surface area contributed by atoms with E-state index >= 15 is 0 Å². The van der Waals surface area contributed by atoms with Crippen LogP contribution in [0.3, 0.4) is 0 Å². The summed E-state index contributed by atoms with van der Waals surface area (Å²) in [5.74, 6) is 0. The second-order valence-corrected chi connectivity index (χ2v) is 5.56. The molecular weight excluding hydrogens is 252 g/mol. The SMILES string of the molecule is CN(C)c1ccc(N=Cc2ccc(Cl)s2)cc1. The molecule has 1 aromatic heterocycles. The highest BCUT2D eigenvalue weighted by Crippen LogP contribution is 2.21. The van der Waals surface area contributed by atoms with Crippen molar-refractivity contribution in [1.29, 1.82) is 0 Å². The monoisotopic (exact) mass is 264 g/mol. The van der Waals surface area contributed by atoms with Crippen molar-refractivity contribution in [2.45, 2.75) is 0 Å². The zero-order valence-electron chi connectivity index (χ0n) is 9.72. The highest BCUT2D eigenvalue weighted by Gasteiger charge is 1.96. The van der Waals surface area contributed by atoms with Crippen LogP contribution in [0.25, 0.3) is 0 Å². The molecule has 1 aromatic carbocycles. The molecule has 0 saturated carbocycles. The van der Waals surface area contributed by atoms with Gasteiger partial charge in [-0.15, -0.1) is 11.3 Å². The summed E-state index contributed by atoms with van der Waals surface area (Å²) in [5.41, 5.74) is 2.11. The van der Waals surface area contributed by atoms with E-state index in [2.05, 4.69) is 9.89 Å². The van der Waals surface area contributed by atoms with Crippen LogP contribution in [0, 0.1) is 0 Å². The summed E-state index contributed by atoms with van der Waals surface area (Å²) in [6.45, 7) is 0. The zero-order valence-corrected chi connectivity index (χ0v) is 11.3. The molecule has 4 heteroatoms. The Bertz CT molecular complexity index is 514. The standard InChI is InChI=1S/C13H13ClN2S/c1-16(2)11-5-3-10(4-6-11)15-9-12-7-8-13(14)17-12/h3-9H,1-2H3. The van der Waals surface area contributed by atoms with Gasteiger partial charge in [0.15, 0.2) is 0 Å². The Kier molecular flexibility index (Phi) is 3.82. The Labute approximate surface area is 110 Å². The molecule has 17 heavy (non-hydrogen) atoms. The molecule has 0 amide bonds. The fraction of sp³-hybridized carbons (Fsp3) is 0.154. The van der Waals surface area contributed by atoms with E-state index in [1.54, 1.807) is 0 Å². The van der Waals surface area contributed by atoms with Crippen molar-refractivity contribution in [2.24, 2.45) is 4.99 Å². The van der Waals surface area contributed by atoms with Gasteiger partial charge >= 0.3 is 0 Å². The van der Waals surface area contributed by atoms with E-state index in [1.165, 1.54) is 17.0 Å². The highest BCUT2D eigenvalue weighted by atomic mass is 35.5. The molecule has 2 rings (SSSR count). The van der Waals surface area contributed by atoms with Crippen LogP contribution in [0.15, 0.2) is 41.4 Å². The minimum atomic E-state index is 0.786. The molecule has 0 spiro atoms. The molecule has 0 atom stereocenters. The lowest BCUT2D eigenvalue weighted by Crippen LogP contribution is -2.07. The van der Waals surface area contributed by atoms with Crippen molar-refractivity contribution in [2.75, 3.05) is 19.0 Å². The molecule has 0 aliphatic rings. The maximum absolute atomic E-state index is 5.85. The Hall–Kier alpha value is -1.32. The van der Waals surface area contributed by atoms with Gasteiger partial charge in [-0.1, -0.05) is 11.6 Å². The minimum Gasteiger partial charge on any atom is -0.378 e. The Morgan fingerprint density at radius 1 is 1.12 bits per heavy atom. The number of hydrogen-bond donors (Lipinski definition) is 0. The highest BCUT2D eigenvalue weighted by molar-refractivity contribution is 7.17. The summed E-state index contributed by atoms with van der Waals surface area (Å²) >= 11 is 7.37. The summed E-state index contributed by atoms with van der Waals surface area (Å²) < 4.78 is 0.786. The van der Waals surface area contributed by atoms with Crippen LogP contribution in [0.5, 0.6) is 0 Å². The first-order valence-electron chi connectivity index (χ1n) is 5.22. The molecule has 0 aliphatic heterocycles. The van der Waals surface area contributed by atoms with Crippen LogP contribution in [-0.4, -0.2) is 20.3 Å². The van der Waals surface area contributed by atoms with Gasteiger partial charge in [0.2, 0.25) is 0 Å². The smallest absolute Gasteiger partial charge is 0.0935 e.